The maximum Gasteiger partial charge on any atom is 0.137 e. The van der Waals surface area contributed by atoms with Gasteiger partial charge < -0.3 is 15.7 Å². The van der Waals surface area contributed by atoms with Crippen molar-refractivity contribution in [2.24, 2.45) is 5.92 Å². The van der Waals surface area contributed by atoms with Crippen molar-refractivity contribution >= 4 is 11.6 Å². The van der Waals surface area contributed by atoms with Crippen molar-refractivity contribution in [3.63, 3.8) is 0 Å². The largest absolute Gasteiger partial charge is 0.396 e. The molecule has 0 radical (unpaired) electrons. The average molecular weight is 222 g/mol. The molecule has 1 saturated heterocycles. The van der Waals surface area contributed by atoms with Gasteiger partial charge in [-0.15, -0.1) is 0 Å². The van der Waals surface area contributed by atoms with Crippen LogP contribution in [0.3, 0.4) is 0 Å². The zero-order chi connectivity index (χ0) is 11.5. The summed E-state index contributed by atoms with van der Waals surface area (Å²) in [6, 6.07) is 0. The lowest BCUT2D eigenvalue weighted by molar-refractivity contribution is 0.263. The fourth-order valence-corrected chi connectivity index (χ4v) is 2.22. The number of rotatable bonds is 3. The van der Waals surface area contributed by atoms with Gasteiger partial charge in [0.25, 0.3) is 0 Å². The first kappa shape index (κ1) is 11.1. The van der Waals surface area contributed by atoms with E-state index in [0.29, 0.717) is 11.7 Å². The Morgan fingerprint density at radius 1 is 1.56 bits per heavy atom. The molecular formula is C11H18N4O. The van der Waals surface area contributed by atoms with Crippen LogP contribution in [-0.4, -0.2) is 34.8 Å². The molecule has 1 aliphatic heterocycles. The normalized spacial score (nSPS) is 20.4. The van der Waals surface area contributed by atoms with E-state index in [4.69, 9.17) is 10.8 Å². The zero-order valence-electron chi connectivity index (χ0n) is 9.56. The van der Waals surface area contributed by atoms with Crippen LogP contribution >= 0.6 is 0 Å². The molecule has 1 aromatic rings. The van der Waals surface area contributed by atoms with Crippen LogP contribution in [0.1, 0.15) is 18.4 Å². The maximum absolute atomic E-state index is 8.92. The Bertz CT molecular complexity index is 369. The molecule has 1 aliphatic rings. The number of aliphatic hydroxyl groups excluding tert-OH is 1. The highest BCUT2D eigenvalue weighted by Gasteiger charge is 2.24. The van der Waals surface area contributed by atoms with Crippen molar-refractivity contribution in [1.29, 1.82) is 0 Å². The number of hydrogen-bond acceptors (Lipinski definition) is 5. The number of nitrogens with two attached hydrogens (primary N) is 1. The highest BCUT2D eigenvalue weighted by Crippen LogP contribution is 2.27. The molecule has 0 amide bonds. The van der Waals surface area contributed by atoms with Gasteiger partial charge in [-0.2, -0.15) is 0 Å². The predicted molar refractivity (Wildman–Crippen MR) is 63.2 cm³/mol. The number of nitrogen functional groups attached to an aromatic ring is 1. The fourth-order valence-electron chi connectivity index (χ4n) is 2.22. The van der Waals surface area contributed by atoms with E-state index in [2.05, 4.69) is 14.9 Å². The monoisotopic (exact) mass is 222 g/mol. The molecule has 2 rings (SSSR count). The lowest BCUT2D eigenvalue weighted by atomic mass is 10.1. The Morgan fingerprint density at radius 2 is 2.38 bits per heavy atom. The predicted octanol–water partition coefficient (Wildman–Crippen LogP) is 0.576. The first-order valence-electron chi connectivity index (χ1n) is 5.65. The highest BCUT2D eigenvalue weighted by molar-refractivity contribution is 5.56. The van der Waals surface area contributed by atoms with Crippen LogP contribution < -0.4 is 10.6 Å². The summed E-state index contributed by atoms with van der Waals surface area (Å²) in [6.45, 7) is 4.16. The van der Waals surface area contributed by atoms with Gasteiger partial charge in [0.2, 0.25) is 0 Å². The first-order chi connectivity index (χ1) is 7.72. The minimum absolute atomic E-state index is 0.267. The minimum Gasteiger partial charge on any atom is -0.396 e. The topological polar surface area (TPSA) is 75.3 Å². The third-order valence-electron chi connectivity index (χ3n) is 3.22. The van der Waals surface area contributed by atoms with Gasteiger partial charge >= 0.3 is 0 Å². The van der Waals surface area contributed by atoms with Gasteiger partial charge in [0, 0.05) is 25.3 Å². The van der Waals surface area contributed by atoms with Crippen molar-refractivity contribution < 1.29 is 5.11 Å². The third kappa shape index (κ3) is 2.09. The molecule has 0 saturated carbocycles. The first-order valence-corrected chi connectivity index (χ1v) is 5.65. The minimum atomic E-state index is 0.267. The molecule has 5 nitrogen and oxygen atoms in total. The Balaban J connectivity index is 2.11. The van der Waals surface area contributed by atoms with Crippen molar-refractivity contribution in [1.82, 2.24) is 9.97 Å². The summed E-state index contributed by atoms with van der Waals surface area (Å²) in [5.41, 5.74) is 6.71. The second-order valence-electron chi connectivity index (χ2n) is 4.32. The van der Waals surface area contributed by atoms with Crippen LogP contribution in [0.15, 0.2) is 6.33 Å². The maximum atomic E-state index is 8.92. The van der Waals surface area contributed by atoms with E-state index in [1.807, 2.05) is 6.92 Å². The molecule has 88 valence electrons. The van der Waals surface area contributed by atoms with Gasteiger partial charge in [-0.1, -0.05) is 0 Å². The number of aromatic nitrogens is 2. The van der Waals surface area contributed by atoms with Crippen molar-refractivity contribution in [2.75, 3.05) is 30.3 Å². The quantitative estimate of drug-likeness (QED) is 0.782. The Labute approximate surface area is 95.3 Å². The van der Waals surface area contributed by atoms with E-state index in [1.54, 1.807) is 0 Å². The van der Waals surface area contributed by atoms with Crippen molar-refractivity contribution in [3.05, 3.63) is 11.9 Å². The Morgan fingerprint density at radius 3 is 3.12 bits per heavy atom. The summed E-state index contributed by atoms with van der Waals surface area (Å²) < 4.78 is 0. The molecule has 3 N–H and O–H groups in total. The lowest BCUT2D eigenvalue weighted by Gasteiger charge is -2.19. The summed E-state index contributed by atoms with van der Waals surface area (Å²) in [4.78, 5) is 10.5. The molecule has 1 fully saturated rings. The Hall–Kier alpha value is -1.36. The molecule has 1 atom stereocenters. The van der Waals surface area contributed by atoms with Gasteiger partial charge in [-0.25, -0.2) is 9.97 Å². The van der Waals surface area contributed by atoms with E-state index in [0.717, 1.165) is 37.3 Å². The summed E-state index contributed by atoms with van der Waals surface area (Å²) in [5.74, 6) is 2.06. The van der Waals surface area contributed by atoms with E-state index in [9.17, 15) is 0 Å². The summed E-state index contributed by atoms with van der Waals surface area (Å²) in [7, 11) is 0. The van der Waals surface area contributed by atoms with Crippen LogP contribution in [0.2, 0.25) is 0 Å². The molecule has 1 aromatic heterocycles. The number of hydrogen-bond donors (Lipinski definition) is 2. The molecule has 0 spiro atoms. The van der Waals surface area contributed by atoms with Crippen LogP contribution in [0.5, 0.6) is 0 Å². The molecule has 2 heterocycles. The van der Waals surface area contributed by atoms with Crippen LogP contribution in [0.4, 0.5) is 11.6 Å². The van der Waals surface area contributed by atoms with Gasteiger partial charge in [-0.3, -0.25) is 0 Å². The molecule has 16 heavy (non-hydrogen) atoms. The molecule has 0 bridgehead atoms. The number of nitrogens with zero attached hydrogens (tertiary/aromatic N) is 3. The average Bonchev–Trinajstić information content (AvgIpc) is 2.71. The van der Waals surface area contributed by atoms with E-state index in [1.165, 1.54) is 6.33 Å². The van der Waals surface area contributed by atoms with Crippen molar-refractivity contribution in [3.8, 4) is 0 Å². The second-order valence-corrected chi connectivity index (χ2v) is 4.32. The lowest BCUT2D eigenvalue weighted by Crippen LogP contribution is -2.22. The van der Waals surface area contributed by atoms with E-state index >= 15 is 0 Å². The smallest absolute Gasteiger partial charge is 0.137 e. The van der Waals surface area contributed by atoms with Gasteiger partial charge in [0.15, 0.2) is 0 Å². The van der Waals surface area contributed by atoms with Crippen LogP contribution in [0, 0.1) is 12.8 Å². The SMILES string of the molecule is Cc1c(N)ncnc1N1CCC(CCO)C1. The van der Waals surface area contributed by atoms with Crippen molar-refractivity contribution in [2.45, 2.75) is 19.8 Å². The molecule has 0 aliphatic carbocycles. The summed E-state index contributed by atoms with van der Waals surface area (Å²) in [5, 5.41) is 8.92. The summed E-state index contributed by atoms with van der Waals surface area (Å²) >= 11 is 0. The summed E-state index contributed by atoms with van der Waals surface area (Å²) in [6.07, 6.45) is 3.50. The number of aliphatic hydroxyl groups is 1. The van der Waals surface area contributed by atoms with E-state index in [-0.39, 0.29) is 6.61 Å². The number of anilines is 2. The third-order valence-corrected chi connectivity index (χ3v) is 3.22. The standard InChI is InChI=1S/C11H18N4O/c1-8-10(12)13-7-14-11(8)15-4-2-9(6-15)3-5-16/h7,9,16H,2-6H2,1H3,(H2,12,13,14). The zero-order valence-corrected chi connectivity index (χ0v) is 9.56. The molecule has 1 unspecified atom stereocenters. The Kier molecular flexibility index (Phi) is 3.24. The van der Waals surface area contributed by atoms with Gasteiger partial charge in [0.05, 0.1) is 0 Å². The van der Waals surface area contributed by atoms with Crippen LogP contribution in [0.25, 0.3) is 0 Å². The van der Waals surface area contributed by atoms with Gasteiger partial charge in [0.1, 0.15) is 18.0 Å². The molecule has 5 heteroatoms. The fraction of sp³-hybridized carbons (Fsp3) is 0.636. The highest BCUT2D eigenvalue weighted by atomic mass is 16.3. The van der Waals surface area contributed by atoms with Gasteiger partial charge in [-0.05, 0) is 25.7 Å². The molecular weight excluding hydrogens is 204 g/mol. The second kappa shape index (κ2) is 4.65. The van der Waals surface area contributed by atoms with E-state index < -0.39 is 0 Å². The molecule has 0 aromatic carbocycles. The van der Waals surface area contributed by atoms with Crippen LogP contribution in [-0.2, 0) is 0 Å².